The fourth-order valence-corrected chi connectivity index (χ4v) is 1.74. The van der Waals surface area contributed by atoms with E-state index in [-0.39, 0.29) is 12.0 Å². The van der Waals surface area contributed by atoms with Gasteiger partial charge in [0.15, 0.2) is 5.82 Å². The largest absolute Gasteiger partial charge is 0.490 e. The number of aromatic nitrogens is 1. The van der Waals surface area contributed by atoms with Gasteiger partial charge in [-0.3, -0.25) is 4.79 Å². The molecule has 0 aliphatic carbocycles. The zero-order valence-corrected chi connectivity index (χ0v) is 11.0. The third-order valence-corrected chi connectivity index (χ3v) is 2.83. The third kappa shape index (κ3) is 2.97. The molecule has 1 saturated heterocycles. The summed E-state index contributed by atoms with van der Waals surface area (Å²) in [6.45, 7) is 2.93. The van der Waals surface area contributed by atoms with E-state index in [9.17, 15) is 4.79 Å². The number of benzene rings is 1. The number of epoxide rings is 1. The van der Waals surface area contributed by atoms with E-state index in [1.54, 1.807) is 31.2 Å². The Bertz CT molecular complexity index is 619. The van der Waals surface area contributed by atoms with Crippen LogP contribution in [-0.4, -0.2) is 30.4 Å². The molecule has 1 fully saturated rings. The van der Waals surface area contributed by atoms with E-state index in [0.717, 1.165) is 0 Å². The Labute approximate surface area is 115 Å². The Kier molecular flexibility index (Phi) is 3.39. The van der Waals surface area contributed by atoms with Gasteiger partial charge in [0.05, 0.1) is 12.2 Å². The molecule has 1 aromatic carbocycles. The van der Waals surface area contributed by atoms with Crippen molar-refractivity contribution in [2.75, 3.05) is 18.5 Å². The van der Waals surface area contributed by atoms with Crippen molar-refractivity contribution in [3.63, 3.8) is 0 Å². The van der Waals surface area contributed by atoms with Crippen molar-refractivity contribution in [2.45, 2.75) is 13.0 Å². The van der Waals surface area contributed by atoms with Crippen LogP contribution in [0.2, 0.25) is 0 Å². The number of nitrogens with one attached hydrogen (secondary N) is 1. The third-order valence-electron chi connectivity index (χ3n) is 2.83. The van der Waals surface area contributed by atoms with E-state index in [1.165, 1.54) is 0 Å². The van der Waals surface area contributed by atoms with Gasteiger partial charge in [0.2, 0.25) is 0 Å². The molecule has 6 nitrogen and oxygen atoms in total. The molecular formula is C14H14N2O4. The number of rotatable bonds is 5. The molecule has 0 bridgehead atoms. The molecule has 104 valence electrons. The highest BCUT2D eigenvalue weighted by Crippen LogP contribution is 2.21. The first-order valence-corrected chi connectivity index (χ1v) is 6.30. The van der Waals surface area contributed by atoms with Gasteiger partial charge < -0.3 is 19.3 Å². The first-order valence-electron chi connectivity index (χ1n) is 6.30. The van der Waals surface area contributed by atoms with E-state index >= 15 is 0 Å². The average Bonchev–Trinajstić information content (AvgIpc) is 3.19. The molecule has 2 heterocycles. The second-order valence-corrected chi connectivity index (χ2v) is 4.54. The summed E-state index contributed by atoms with van der Waals surface area (Å²) in [5, 5.41) is 6.40. The van der Waals surface area contributed by atoms with Crippen LogP contribution in [0.5, 0.6) is 5.75 Å². The van der Waals surface area contributed by atoms with Crippen molar-refractivity contribution in [3.05, 3.63) is 41.7 Å². The van der Waals surface area contributed by atoms with Gasteiger partial charge >= 0.3 is 0 Å². The van der Waals surface area contributed by atoms with Crippen LogP contribution < -0.4 is 10.1 Å². The van der Waals surface area contributed by atoms with Gasteiger partial charge in [-0.15, -0.1) is 0 Å². The lowest BCUT2D eigenvalue weighted by molar-refractivity contribution is 0.102. The van der Waals surface area contributed by atoms with Gasteiger partial charge in [-0.05, 0) is 19.1 Å². The molecule has 1 aliphatic heterocycles. The number of carbonyl (C=O) groups excluding carboxylic acids is 1. The van der Waals surface area contributed by atoms with Gasteiger partial charge in [0.1, 0.15) is 24.2 Å². The quantitative estimate of drug-likeness (QED) is 0.844. The zero-order chi connectivity index (χ0) is 13.9. The molecule has 1 atom stereocenters. The van der Waals surface area contributed by atoms with Crippen LogP contribution in [0.15, 0.2) is 34.9 Å². The second kappa shape index (κ2) is 5.34. The van der Waals surface area contributed by atoms with Gasteiger partial charge in [0.25, 0.3) is 5.91 Å². The molecule has 0 saturated carbocycles. The minimum atomic E-state index is -0.286. The average molecular weight is 274 g/mol. The fourth-order valence-electron chi connectivity index (χ4n) is 1.74. The molecule has 1 amide bonds. The summed E-state index contributed by atoms with van der Waals surface area (Å²) in [4.78, 5) is 12.2. The number of para-hydroxylation sites is 1. The highest BCUT2D eigenvalue weighted by atomic mass is 16.6. The number of nitrogens with zero attached hydrogens (tertiary/aromatic N) is 1. The Hall–Kier alpha value is -2.34. The first kappa shape index (κ1) is 12.7. The fraction of sp³-hybridized carbons (Fsp3) is 0.286. The maximum atomic E-state index is 12.2. The lowest BCUT2D eigenvalue weighted by Crippen LogP contribution is -2.15. The highest BCUT2D eigenvalue weighted by Gasteiger charge is 2.24. The van der Waals surface area contributed by atoms with E-state index in [1.807, 2.05) is 6.07 Å². The van der Waals surface area contributed by atoms with E-state index in [0.29, 0.717) is 36.1 Å². The topological polar surface area (TPSA) is 76.9 Å². The van der Waals surface area contributed by atoms with Crippen molar-refractivity contribution >= 4 is 11.7 Å². The molecule has 3 rings (SSSR count). The maximum absolute atomic E-state index is 12.2. The predicted octanol–water partition coefficient (Wildman–Crippen LogP) is 2.01. The molecule has 1 unspecified atom stereocenters. The van der Waals surface area contributed by atoms with Gasteiger partial charge in [0, 0.05) is 6.07 Å². The lowest BCUT2D eigenvalue weighted by Gasteiger charge is -2.09. The maximum Gasteiger partial charge on any atom is 0.260 e. The van der Waals surface area contributed by atoms with Crippen LogP contribution in [0, 0.1) is 6.92 Å². The van der Waals surface area contributed by atoms with Crippen molar-refractivity contribution in [1.29, 1.82) is 0 Å². The van der Waals surface area contributed by atoms with Crippen molar-refractivity contribution < 1.29 is 18.8 Å². The van der Waals surface area contributed by atoms with Gasteiger partial charge in [-0.25, -0.2) is 0 Å². The number of anilines is 1. The van der Waals surface area contributed by atoms with Crippen molar-refractivity contribution in [3.8, 4) is 5.75 Å². The molecule has 20 heavy (non-hydrogen) atoms. The van der Waals surface area contributed by atoms with Crippen LogP contribution in [0.1, 0.15) is 16.1 Å². The molecule has 0 radical (unpaired) electrons. The summed E-state index contributed by atoms with van der Waals surface area (Å²) in [7, 11) is 0. The molecular weight excluding hydrogens is 260 g/mol. The summed E-state index contributed by atoms with van der Waals surface area (Å²) in [5.74, 6) is 1.26. The summed E-state index contributed by atoms with van der Waals surface area (Å²) in [6, 6.07) is 8.71. The first-order chi connectivity index (χ1) is 9.72. The summed E-state index contributed by atoms with van der Waals surface area (Å²) in [5.41, 5.74) is 0.453. The molecule has 0 spiro atoms. The minimum absolute atomic E-state index is 0.143. The molecule has 2 aromatic rings. The number of hydrogen-bond acceptors (Lipinski definition) is 5. The Balaban J connectivity index is 1.72. The Morgan fingerprint density at radius 2 is 2.30 bits per heavy atom. The summed E-state index contributed by atoms with van der Waals surface area (Å²) < 4.78 is 15.6. The van der Waals surface area contributed by atoms with Crippen LogP contribution in [0.25, 0.3) is 0 Å². The van der Waals surface area contributed by atoms with Crippen molar-refractivity contribution in [1.82, 2.24) is 5.16 Å². The smallest absolute Gasteiger partial charge is 0.260 e. The second-order valence-electron chi connectivity index (χ2n) is 4.54. The van der Waals surface area contributed by atoms with Crippen LogP contribution in [0.3, 0.4) is 0 Å². The van der Waals surface area contributed by atoms with Crippen LogP contribution in [-0.2, 0) is 4.74 Å². The van der Waals surface area contributed by atoms with Gasteiger partial charge in [-0.2, -0.15) is 0 Å². The van der Waals surface area contributed by atoms with Crippen LogP contribution in [0.4, 0.5) is 5.82 Å². The minimum Gasteiger partial charge on any atom is -0.490 e. The molecule has 1 aliphatic rings. The number of carbonyl (C=O) groups is 1. The lowest BCUT2D eigenvalue weighted by atomic mass is 10.2. The predicted molar refractivity (Wildman–Crippen MR) is 70.9 cm³/mol. The Morgan fingerprint density at radius 1 is 1.50 bits per heavy atom. The van der Waals surface area contributed by atoms with E-state index < -0.39 is 0 Å². The van der Waals surface area contributed by atoms with Crippen LogP contribution >= 0.6 is 0 Å². The van der Waals surface area contributed by atoms with Crippen molar-refractivity contribution in [2.24, 2.45) is 0 Å². The number of aryl methyl sites for hydroxylation is 1. The Morgan fingerprint density at radius 3 is 3.00 bits per heavy atom. The van der Waals surface area contributed by atoms with E-state index in [2.05, 4.69) is 10.5 Å². The highest BCUT2D eigenvalue weighted by molar-refractivity contribution is 6.05. The zero-order valence-electron chi connectivity index (χ0n) is 11.0. The normalized spacial score (nSPS) is 16.8. The standard InChI is InChI=1S/C14H14N2O4/c1-9-6-13(16-20-9)15-14(17)11-4-2-3-5-12(11)19-8-10-7-18-10/h2-6,10H,7-8H2,1H3,(H,15,16,17). The molecule has 1 aromatic heterocycles. The molecule has 1 N–H and O–H groups in total. The number of amides is 1. The molecule has 6 heteroatoms. The SMILES string of the molecule is Cc1cc(NC(=O)c2ccccc2OCC2CO2)no1. The summed E-state index contributed by atoms with van der Waals surface area (Å²) in [6.07, 6.45) is 0.143. The summed E-state index contributed by atoms with van der Waals surface area (Å²) >= 11 is 0. The monoisotopic (exact) mass is 274 g/mol. The number of ether oxygens (including phenoxy) is 2. The van der Waals surface area contributed by atoms with Gasteiger partial charge in [-0.1, -0.05) is 17.3 Å². The number of hydrogen-bond donors (Lipinski definition) is 1. The van der Waals surface area contributed by atoms with E-state index in [4.69, 9.17) is 14.0 Å².